The summed E-state index contributed by atoms with van der Waals surface area (Å²) in [7, 11) is 0. The fraction of sp³-hybridized carbons (Fsp3) is 0.733. The molecule has 0 aromatic heterocycles. The van der Waals surface area contributed by atoms with Gasteiger partial charge in [0.05, 0.1) is 11.8 Å². The quantitative estimate of drug-likeness (QED) is 0.564. The first-order valence-corrected chi connectivity index (χ1v) is 7.18. The number of nitrogens with zero attached hydrogens (tertiary/aromatic N) is 1. The number of carbonyl (C=O) groups excluding carboxylic acids is 2. The minimum atomic E-state index is -0.00469. The summed E-state index contributed by atoms with van der Waals surface area (Å²) in [6.07, 6.45) is 9.60. The number of hydrogen-bond acceptors (Lipinski definition) is 2. The number of allylic oxidation sites excluding steroid dienone is 2. The van der Waals surface area contributed by atoms with Crippen LogP contribution < -0.4 is 0 Å². The van der Waals surface area contributed by atoms with E-state index in [0.717, 1.165) is 25.7 Å². The van der Waals surface area contributed by atoms with E-state index in [1.807, 2.05) is 0 Å². The Morgan fingerprint density at radius 1 is 1.17 bits per heavy atom. The molecule has 2 saturated carbocycles. The lowest BCUT2D eigenvalue weighted by molar-refractivity contribution is -0.140. The van der Waals surface area contributed by atoms with Crippen LogP contribution in [0.1, 0.15) is 39.0 Å². The highest BCUT2D eigenvalue weighted by atomic mass is 16.2. The highest BCUT2D eigenvalue weighted by molar-refractivity contribution is 6.05. The van der Waals surface area contributed by atoms with Crippen molar-refractivity contribution < 1.29 is 9.59 Å². The summed E-state index contributed by atoms with van der Waals surface area (Å²) in [5.41, 5.74) is 0.649. The van der Waals surface area contributed by atoms with Gasteiger partial charge in [0.1, 0.15) is 0 Å². The zero-order chi connectivity index (χ0) is 12.5. The molecule has 3 nitrogen and oxygen atoms in total. The van der Waals surface area contributed by atoms with Crippen molar-refractivity contribution in [2.75, 3.05) is 6.54 Å². The van der Waals surface area contributed by atoms with E-state index >= 15 is 0 Å². The van der Waals surface area contributed by atoms with Gasteiger partial charge in [0.15, 0.2) is 0 Å². The number of hydrogen-bond donors (Lipinski definition) is 0. The Hall–Kier alpha value is -1.12. The van der Waals surface area contributed by atoms with Gasteiger partial charge in [-0.2, -0.15) is 0 Å². The lowest BCUT2D eigenvalue weighted by Gasteiger charge is -2.37. The Morgan fingerprint density at radius 2 is 1.72 bits per heavy atom. The standard InChI is InChI=1S/C15H19NO2/c1-2-3-6-16-12(17)10-7-14-4-5-15(14,9-14)8-11(10)13(16)18/h4-5,10-11H,2-3,6-9H2,1H3/t10?,11?,14-,15+. The van der Waals surface area contributed by atoms with E-state index in [2.05, 4.69) is 19.1 Å². The molecule has 3 heteroatoms. The topological polar surface area (TPSA) is 37.4 Å². The van der Waals surface area contributed by atoms with Crippen LogP contribution in [0.15, 0.2) is 12.2 Å². The number of carbonyl (C=O) groups is 2. The second-order valence-electron chi connectivity index (χ2n) is 6.63. The Bertz CT molecular complexity index is 445. The number of rotatable bonds is 3. The average Bonchev–Trinajstić information content (AvgIpc) is 2.80. The maximum Gasteiger partial charge on any atom is 0.233 e. The summed E-state index contributed by atoms with van der Waals surface area (Å²) in [5.74, 6) is 0.229. The minimum absolute atomic E-state index is 0.00469. The fourth-order valence-electron chi connectivity index (χ4n) is 4.51. The van der Waals surface area contributed by atoms with Gasteiger partial charge in [-0.1, -0.05) is 25.5 Å². The maximum absolute atomic E-state index is 12.4. The minimum Gasteiger partial charge on any atom is -0.282 e. The Kier molecular flexibility index (Phi) is 1.83. The molecular formula is C15H19NO2. The van der Waals surface area contributed by atoms with Gasteiger partial charge in [0.2, 0.25) is 11.8 Å². The second kappa shape index (κ2) is 3.06. The van der Waals surface area contributed by atoms with E-state index in [-0.39, 0.29) is 23.7 Å². The van der Waals surface area contributed by atoms with E-state index in [0.29, 0.717) is 17.4 Å². The molecule has 0 N–H and O–H groups in total. The Morgan fingerprint density at radius 3 is 2.17 bits per heavy atom. The largest absolute Gasteiger partial charge is 0.282 e. The number of fused-ring (bicyclic) bond motifs is 1. The van der Waals surface area contributed by atoms with Crippen LogP contribution in [-0.2, 0) is 9.59 Å². The van der Waals surface area contributed by atoms with Gasteiger partial charge in [0, 0.05) is 6.54 Å². The molecule has 1 aliphatic heterocycles. The zero-order valence-electron chi connectivity index (χ0n) is 10.8. The molecule has 4 aliphatic rings. The van der Waals surface area contributed by atoms with Gasteiger partial charge < -0.3 is 0 Å². The van der Waals surface area contributed by atoms with Crippen molar-refractivity contribution in [1.29, 1.82) is 0 Å². The van der Waals surface area contributed by atoms with Crippen molar-refractivity contribution in [3.63, 3.8) is 0 Å². The van der Waals surface area contributed by atoms with Crippen molar-refractivity contribution in [2.24, 2.45) is 22.7 Å². The molecule has 0 aromatic rings. The van der Waals surface area contributed by atoms with Crippen LogP contribution in [0.5, 0.6) is 0 Å². The van der Waals surface area contributed by atoms with Gasteiger partial charge in [-0.05, 0) is 36.5 Å². The summed E-state index contributed by atoms with van der Waals surface area (Å²) < 4.78 is 0. The highest BCUT2D eigenvalue weighted by Gasteiger charge is 2.75. The number of likely N-dealkylation sites (tertiary alicyclic amines) is 1. The van der Waals surface area contributed by atoms with Crippen molar-refractivity contribution in [3.05, 3.63) is 12.2 Å². The third kappa shape index (κ3) is 1.03. The van der Waals surface area contributed by atoms with Crippen LogP contribution in [0.4, 0.5) is 0 Å². The molecule has 3 fully saturated rings. The molecule has 2 amide bonds. The molecule has 1 heterocycles. The molecule has 0 bridgehead atoms. The molecule has 0 spiro atoms. The van der Waals surface area contributed by atoms with Gasteiger partial charge in [-0.15, -0.1) is 0 Å². The van der Waals surface area contributed by atoms with Crippen molar-refractivity contribution in [2.45, 2.75) is 39.0 Å². The van der Waals surface area contributed by atoms with Crippen molar-refractivity contribution in [3.8, 4) is 0 Å². The Labute approximate surface area is 107 Å². The van der Waals surface area contributed by atoms with Gasteiger partial charge >= 0.3 is 0 Å². The lowest BCUT2D eigenvalue weighted by atomic mass is 9.64. The van der Waals surface area contributed by atoms with Gasteiger partial charge in [0.25, 0.3) is 0 Å². The summed E-state index contributed by atoms with van der Waals surface area (Å²) in [4.78, 5) is 26.3. The lowest BCUT2D eigenvalue weighted by Crippen LogP contribution is -2.35. The zero-order valence-corrected chi connectivity index (χ0v) is 10.8. The fourth-order valence-corrected chi connectivity index (χ4v) is 4.51. The van der Waals surface area contributed by atoms with Crippen LogP contribution in [0.2, 0.25) is 0 Å². The van der Waals surface area contributed by atoms with Crippen molar-refractivity contribution in [1.82, 2.24) is 4.90 Å². The van der Waals surface area contributed by atoms with Gasteiger partial charge in [-0.3, -0.25) is 14.5 Å². The third-order valence-electron chi connectivity index (χ3n) is 5.77. The first-order valence-electron chi connectivity index (χ1n) is 7.18. The normalized spacial score (nSPS) is 47.5. The van der Waals surface area contributed by atoms with Crippen LogP contribution in [0, 0.1) is 22.7 Å². The predicted octanol–water partition coefficient (Wildman–Crippen LogP) is 2.13. The Balaban J connectivity index is 1.59. The van der Waals surface area contributed by atoms with Crippen LogP contribution >= 0.6 is 0 Å². The number of unbranched alkanes of at least 4 members (excludes halogenated alkanes) is 1. The molecule has 4 rings (SSSR count). The third-order valence-corrected chi connectivity index (χ3v) is 5.77. The van der Waals surface area contributed by atoms with Crippen LogP contribution in [0.25, 0.3) is 0 Å². The van der Waals surface area contributed by atoms with E-state index < -0.39 is 0 Å². The number of amides is 2. The van der Waals surface area contributed by atoms with E-state index in [1.54, 1.807) is 4.90 Å². The molecular weight excluding hydrogens is 226 g/mol. The SMILES string of the molecule is CCCCN1C(=O)C2C[C@]34C=C[C@@]3(CC2C1=O)C4. The molecule has 4 atom stereocenters. The monoisotopic (exact) mass is 245 g/mol. The first-order chi connectivity index (χ1) is 8.62. The first kappa shape index (κ1) is 10.8. The van der Waals surface area contributed by atoms with Gasteiger partial charge in [-0.25, -0.2) is 0 Å². The molecule has 0 radical (unpaired) electrons. The molecule has 0 aromatic carbocycles. The predicted molar refractivity (Wildman–Crippen MR) is 66.5 cm³/mol. The van der Waals surface area contributed by atoms with Crippen LogP contribution in [-0.4, -0.2) is 23.3 Å². The van der Waals surface area contributed by atoms with Crippen molar-refractivity contribution >= 4 is 11.8 Å². The number of imide groups is 1. The average molecular weight is 245 g/mol. The molecule has 1 saturated heterocycles. The smallest absolute Gasteiger partial charge is 0.233 e. The summed E-state index contributed by atoms with van der Waals surface area (Å²) in [5, 5.41) is 0. The van der Waals surface area contributed by atoms with Crippen LogP contribution in [0.3, 0.4) is 0 Å². The summed E-state index contributed by atoms with van der Waals surface area (Å²) >= 11 is 0. The summed E-state index contributed by atoms with van der Waals surface area (Å²) in [6.45, 7) is 2.73. The maximum atomic E-state index is 12.4. The molecule has 2 unspecified atom stereocenters. The van der Waals surface area contributed by atoms with E-state index in [9.17, 15) is 9.59 Å². The highest BCUT2D eigenvalue weighted by Crippen LogP contribution is 2.80. The van der Waals surface area contributed by atoms with E-state index in [1.165, 1.54) is 6.42 Å². The second-order valence-corrected chi connectivity index (χ2v) is 6.63. The van der Waals surface area contributed by atoms with E-state index in [4.69, 9.17) is 0 Å². The molecule has 18 heavy (non-hydrogen) atoms. The summed E-state index contributed by atoms with van der Waals surface area (Å²) in [6, 6.07) is 0. The molecule has 3 aliphatic carbocycles. The molecule has 96 valence electrons.